The van der Waals surface area contributed by atoms with Gasteiger partial charge in [-0.15, -0.1) is 0 Å². The zero-order chi connectivity index (χ0) is 11.7. The SMILES string of the molecule is CC(C)C(c1nc(CC2CC2)no1)C(C)O. The van der Waals surface area contributed by atoms with E-state index in [1.807, 2.05) is 0 Å². The van der Waals surface area contributed by atoms with Gasteiger partial charge in [0.1, 0.15) is 0 Å². The summed E-state index contributed by atoms with van der Waals surface area (Å²) in [6.07, 6.45) is 3.05. The Labute approximate surface area is 96.1 Å². The van der Waals surface area contributed by atoms with Gasteiger partial charge in [-0.3, -0.25) is 0 Å². The van der Waals surface area contributed by atoms with Crippen molar-refractivity contribution in [1.82, 2.24) is 10.1 Å². The van der Waals surface area contributed by atoms with Crippen molar-refractivity contribution < 1.29 is 9.63 Å². The summed E-state index contributed by atoms with van der Waals surface area (Å²) >= 11 is 0. The molecule has 1 fully saturated rings. The van der Waals surface area contributed by atoms with Gasteiger partial charge in [-0.2, -0.15) is 4.98 Å². The van der Waals surface area contributed by atoms with Crippen LogP contribution < -0.4 is 0 Å². The molecule has 1 heterocycles. The van der Waals surface area contributed by atoms with Crippen molar-refractivity contribution in [2.75, 3.05) is 0 Å². The second-order valence-electron chi connectivity index (χ2n) is 5.21. The van der Waals surface area contributed by atoms with E-state index in [0.29, 0.717) is 11.8 Å². The molecule has 0 bridgehead atoms. The number of rotatable bonds is 5. The van der Waals surface area contributed by atoms with Crippen LogP contribution >= 0.6 is 0 Å². The van der Waals surface area contributed by atoms with Gasteiger partial charge in [0, 0.05) is 6.42 Å². The third-order valence-corrected chi connectivity index (χ3v) is 3.18. The lowest BCUT2D eigenvalue weighted by atomic mass is 9.91. The van der Waals surface area contributed by atoms with Gasteiger partial charge >= 0.3 is 0 Å². The molecule has 1 aromatic rings. The maximum absolute atomic E-state index is 9.71. The molecule has 4 nitrogen and oxygen atoms in total. The molecule has 0 radical (unpaired) electrons. The molecule has 0 aromatic carbocycles. The fraction of sp³-hybridized carbons (Fsp3) is 0.833. The van der Waals surface area contributed by atoms with E-state index in [0.717, 1.165) is 18.2 Å². The lowest BCUT2D eigenvalue weighted by Gasteiger charge is -2.19. The first-order chi connectivity index (χ1) is 7.58. The highest BCUT2D eigenvalue weighted by Crippen LogP contribution is 2.33. The maximum Gasteiger partial charge on any atom is 0.232 e. The molecular weight excluding hydrogens is 204 g/mol. The molecule has 90 valence electrons. The minimum absolute atomic E-state index is 0.0551. The fourth-order valence-corrected chi connectivity index (χ4v) is 2.11. The maximum atomic E-state index is 9.71. The van der Waals surface area contributed by atoms with E-state index in [4.69, 9.17) is 4.52 Å². The Morgan fingerprint density at radius 3 is 2.56 bits per heavy atom. The zero-order valence-corrected chi connectivity index (χ0v) is 10.2. The summed E-state index contributed by atoms with van der Waals surface area (Å²) in [4.78, 5) is 4.40. The van der Waals surface area contributed by atoms with Crippen LogP contribution in [-0.4, -0.2) is 21.4 Å². The highest BCUT2D eigenvalue weighted by molar-refractivity contribution is 4.99. The van der Waals surface area contributed by atoms with Gasteiger partial charge in [0.25, 0.3) is 0 Å². The Kier molecular flexibility index (Phi) is 3.28. The molecule has 1 N–H and O–H groups in total. The fourth-order valence-electron chi connectivity index (χ4n) is 2.11. The number of nitrogens with zero attached hydrogens (tertiary/aromatic N) is 2. The van der Waals surface area contributed by atoms with Crippen molar-refractivity contribution in [3.05, 3.63) is 11.7 Å². The summed E-state index contributed by atoms with van der Waals surface area (Å²) in [5.41, 5.74) is 0. The van der Waals surface area contributed by atoms with E-state index in [9.17, 15) is 5.11 Å². The van der Waals surface area contributed by atoms with Gasteiger partial charge in [-0.05, 0) is 31.6 Å². The van der Waals surface area contributed by atoms with Gasteiger partial charge in [0.2, 0.25) is 5.89 Å². The Morgan fingerprint density at radius 2 is 2.06 bits per heavy atom. The molecule has 0 saturated heterocycles. The van der Waals surface area contributed by atoms with Crippen LogP contribution in [0.25, 0.3) is 0 Å². The topological polar surface area (TPSA) is 59.2 Å². The molecule has 1 aromatic heterocycles. The van der Waals surface area contributed by atoms with E-state index in [-0.39, 0.29) is 5.92 Å². The molecule has 1 aliphatic rings. The van der Waals surface area contributed by atoms with Crippen LogP contribution in [-0.2, 0) is 6.42 Å². The monoisotopic (exact) mass is 224 g/mol. The van der Waals surface area contributed by atoms with Crippen LogP contribution in [0, 0.1) is 11.8 Å². The molecular formula is C12H20N2O2. The van der Waals surface area contributed by atoms with Crippen LogP contribution in [0.4, 0.5) is 0 Å². The van der Waals surface area contributed by atoms with Crippen LogP contribution in [0.3, 0.4) is 0 Å². The Hall–Kier alpha value is -0.900. The average Bonchev–Trinajstić information content (AvgIpc) is 2.85. The van der Waals surface area contributed by atoms with E-state index >= 15 is 0 Å². The molecule has 0 amide bonds. The van der Waals surface area contributed by atoms with Crippen LogP contribution in [0.5, 0.6) is 0 Å². The molecule has 2 unspecified atom stereocenters. The van der Waals surface area contributed by atoms with Crippen molar-refractivity contribution >= 4 is 0 Å². The second-order valence-corrected chi connectivity index (χ2v) is 5.21. The summed E-state index contributed by atoms with van der Waals surface area (Å²) in [7, 11) is 0. The molecule has 4 heteroatoms. The smallest absolute Gasteiger partial charge is 0.232 e. The van der Waals surface area contributed by atoms with Gasteiger partial charge in [-0.25, -0.2) is 0 Å². The third-order valence-electron chi connectivity index (χ3n) is 3.18. The van der Waals surface area contributed by atoms with Crippen molar-refractivity contribution in [2.24, 2.45) is 11.8 Å². The predicted molar refractivity (Wildman–Crippen MR) is 60.0 cm³/mol. The number of aliphatic hydroxyl groups is 1. The lowest BCUT2D eigenvalue weighted by molar-refractivity contribution is 0.120. The Bertz CT molecular complexity index is 335. The molecule has 16 heavy (non-hydrogen) atoms. The predicted octanol–water partition coefficient (Wildman–Crippen LogP) is 2.14. The highest BCUT2D eigenvalue weighted by Gasteiger charge is 2.29. The van der Waals surface area contributed by atoms with Gasteiger partial charge in [0.15, 0.2) is 5.82 Å². The van der Waals surface area contributed by atoms with Crippen molar-refractivity contribution in [2.45, 2.75) is 52.1 Å². The van der Waals surface area contributed by atoms with Crippen LogP contribution in [0.1, 0.15) is 51.2 Å². The van der Waals surface area contributed by atoms with E-state index in [1.54, 1.807) is 6.92 Å². The molecule has 0 spiro atoms. The quantitative estimate of drug-likeness (QED) is 0.832. The first-order valence-corrected chi connectivity index (χ1v) is 6.08. The number of aromatic nitrogens is 2. The number of hydrogen-bond acceptors (Lipinski definition) is 4. The Morgan fingerprint density at radius 1 is 1.38 bits per heavy atom. The molecule has 2 atom stereocenters. The van der Waals surface area contributed by atoms with Crippen LogP contribution in [0.15, 0.2) is 4.52 Å². The van der Waals surface area contributed by atoms with Gasteiger partial charge in [0.05, 0.1) is 12.0 Å². The normalized spacial score (nSPS) is 20.1. The Balaban J connectivity index is 2.08. The second kappa shape index (κ2) is 4.53. The summed E-state index contributed by atoms with van der Waals surface area (Å²) in [5.74, 6) is 2.38. The summed E-state index contributed by atoms with van der Waals surface area (Å²) in [6, 6.07) is 0. The van der Waals surface area contributed by atoms with Gasteiger partial charge in [-0.1, -0.05) is 19.0 Å². The minimum atomic E-state index is -0.450. The standard InChI is InChI=1S/C12H20N2O2/c1-7(2)11(8(3)15)12-13-10(14-16-12)6-9-4-5-9/h7-9,11,15H,4-6H2,1-3H3. The highest BCUT2D eigenvalue weighted by atomic mass is 16.5. The molecule has 1 saturated carbocycles. The molecule has 2 rings (SSSR count). The van der Waals surface area contributed by atoms with E-state index in [2.05, 4.69) is 24.0 Å². The number of hydrogen-bond donors (Lipinski definition) is 1. The van der Waals surface area contributed by atoms with Gasteiger partial charge < -0.3 is 9.63 Å². The first-order valence-electron chi connectivity index (χ1n) is 6.08. The zero-order valence-electron chi connectivity index (χ0n) is 10.2. The minimum Gasteiger partial charge on any atom is -0.393 e. The van der Waals surface area contributed by atoms with Crippen LogP contribution in [0.2, 0.25) is 0 Å². The lowest BCUT2D eigenvalue weighted by Crippen LogP contribution is -2.20. The van der Waals surface area contributed by atoms with Crippen molar-refractivity contribution in [3.63, 3.8) is 0 Å². The molecule has 0 aliphatic heterocycles. The summed E-state index contributed by atoms with van der Waals surface area (Å²) < 4.78 is 5.26. The average molecular weight is 224 g/mol. The summed E-state index contributed by atoms with van der Waals surface area (Å²) in [5, 5.41) is 13.7. The van der Waals surface area contributed by atoms with E-state index < -0.39 is 6.10 Å². The van der Waals surface area contributed by atoms with Crippen molar-refractivity contribution in [3.8, 4) is 0 Å². The number of aliphatic hydroxyl groups excluding tert-OH is 1. The third kappa shape index (κ3) is 2.61. The summed E-state index contributed by atoms with van der Waals surface area (Å²) in [6.45, 7) is 5.89. The first kappa shape index (κ1) is 11.6. The van der Waals surface area contributed by atoms with Crippen molar-refractivity contribution in [1.29, 1.82) is 0 Å². The molecule has 1 aliphatic carbocycles. The largest absolute Gasteiger partial charge is 0.393 e. The van der Waals surface area contributed by atoms with E-state index in [1.165, 1.54) is 12.8 Å².